The van der Waals surface area contributed by atoms with E-state index in [2.05, 4.69) is 17.0 Å². The lowest BCUT2D eigenvalue weighted by atomic mass is 10.0. The van der Waals surface area contributed by atoms with Crippen molar-refractivity contribution in [3.63, 3.8) is 0 Å². The van der Waals surface area contributed by atoms with Crippen LogP contribution < -0.4 is 9.64 Å². The third kappa shape index (κ3) is 2.86. The van der Waals surface area contributed by atoms with Crippen LogP contribution in [0.4, 0.5) is 5.69 Å². The number of rotatable bonds is 2. The third-order valence-corrected chi connectivity index (χ3v) is 4.13. The van der Waals surface area contributed by atoms with Crippen molar-refractivity contribution in [1.29, 1.82) is 0 Å². The van der Waals surface area contributed by atoms with Crippen LogP contribution in [0.15, 0.2) is 18.2 Å². The molecule has 2 aliphatic heterocycles. The number of anilines is 1. The quantitative estimate of drug-likeness (QED) is 0.769. The highest BCUT2D eigenvalue weighted by Crippen LogP contribution is 2.29. The molecule has 0 aromatic heterocycles. The van der Waals surface area contributed by atoms with Crippen LogP contribution >= 0.6 is 0 Å². The minimum absolute atomic E-state index is 0.367. The van der Waals surface area contributed by atoms with E-state index in [-0.39, 0.29) is 11.7 Å². The van der Waals surface area contributed by atoms with Gasteiger partial charge in [0.2, 0.25) is 5.78 Å². The Morgan fingerprint density at radius 2 is 1.90 bits per heavy atom. The molecule has 3 rings (SSSR count). The highest BCUT2D eigenvalue weighted by Gasteiger charge is 2.24. The number of ether oxygens (including phenoxy) is 1. The lowest BCUT2D eigenvalue weighted by molar-refractivity contribution is -0.143. The molecule has 1 fully saturated rings. The highest BCUT2D eigenvalue weighted by atomic mass is 16.5. The molecule has 5 heteroatoms. The van der Waals surface area contributed by atoms with E-state index in [1.165, 1.54) is 18.2 Å². The van der Waals surface area contributed by atoms with Gasteiger partial charge in [-0.1, -0.05) is 0 Å². The standard InChI is InChI=1S/C16H20N2O3/c1-12(19)16(20)18-8-6-17(7-9-18)14-4-5-15-13(11-14)3-2-10-21-15/h4-5,11H,2-3,6-10H2,1H3. The number of ketones is 1. The molecule has 0 aliphatic carbocycles. The van der Waals surface area contributed by atoms with Crippen LogP contribution in [0.1, 0.15) is 18.9 Å². The number of aryl methyl sites for hydroxylation is 1. The van der Waals surface area contributed by atoms with Crippen LogP contribution in [0.3, 0.4) is 0 Å². The van der Waals surface area contributed by atoms with Gasteiger partial charge in [-0.05, 0) is 36.6 Å². The maximum absolute atomic E-state index is 11.7. The molecule has 0 spiro atoms. The molecule has 0 bridgehead atoms. The fourth-order valence-electron chi connectivity index (χ4n) is 2.93. The predicted molar refractivity (Wildman–Crippen MR) is 79.7 cm³/mol. The Bertz CT molecular complexity index is 563. The summed E-state index contributed by atoms with van der Waals surface area (Å²) in [5.41, 5.74) is 2.44. The fraction of sp³-hybridized carbons (Fsp3) is 0.500. The van der Waals surface area contributed by atoms with E-state index in [4.69, 9.17) is 4.74 Å². The smallest absolute Gasteiger partial charge is 0.289 e. The zero-order chi connectivity index (χ0) is 14.8. The zero-order valence-corrected chi connectivity index (χ0v) is 12.3. The monoisotopic (exact) mass is 288 g/mol. The largest absolute Gasteiger partial charge is 0.493 e. The van der Waals surface area contributed by atoms with Crippen molar-refractivity contribution in [1.82, 2.24) is 4.90 Å². The van der Waals surface area contributed by atoms with E-state index >= 15 is 0 Å². The molecule has 0 radical (unpaired) electrons. The van der Waals surface area contributed by atoms with E-state index < -0.39 is 0 Å². The van der Waals surface area contributed by atoms with Crippen LogP contribution in [0.5, 0.6) is 5.75 Å². The summed E-state index contributed by atoms with van der Waals surface area (Å²) in [5, 5.41) is 0. The molecule has 1 aromatic carbocycles. The number of amides is 1. The number of benzene rings is 1. The fourth-order valence-corrected chi connectivity index (χ4v) is 2.93. The van der Waals surface area contributed by atoms with Gasteiger partial charge >= 0.3 is 0 Å². The molecule has 0 N–H and O–H groups in total. The first-order valence-electron chi connectivity index (χ1n) is 7.45. The predicted octanol–water partition coefficient (Wildman–Crippen LogP) is 1.25. The van der Waals surface area contributed by atoms with Crippen LogP contribution in [0.2, 0.25) is 0 Å². The van der Waals surface area contributed by atoms with Gasteiger partial charge in [0.15, 0.2) is 0 Å². The van der Waals surface area contributed by atoms with Gasteiger partial charge in [0.25, 0.3) is 5.91 Å². The molecule has 0 unspecified atom stereocenters. The van der Waals surface area contributed by atoms with Crippen molar-refractivity contribution in [2.75, 3.05) is 37.7 Å². The summed E-state index contributed by atoms with van der Waals surface area (Å²) in [6.07, 6.45) is 2.13. The molecule has 5 nitrogen and oxygen atoms in total. The SMILES string of the molecule is CC(=O)C(=O)N1CCN(c2ccc3c(c2)CCCO3)CC1. The number of fused-ring (bicyclic) bond motifs is 1. The van der Waals surface area contributed by atoms with E-state index in [0.717, 1.165) is 38.3 Å². The van der Waals surface area contributed by atoms with Gasteiger partial charge in [-0.2, -0.15) is 0 Å². The molecule has 0 saturated carbocycles. The Morgan fingerprint density at radius 1 is 1.14 bits per heavy atom. The summed E-state index contributed by atoms with van der Waals surface area (Å²) in [7, 11) is 0. The number of carbonyl (C=O) groups is 2. The molecule has 21 heavy (non-hydrogen) atoms. The number of hydrogen-bond donors (Lipinski definition) is 0. The first kappa shape index (κ1) is 13.9. The van der Waals surface area contributed by atoms with Gasteiger partial charge < -0.3 is 14.5 Å². The number of piperazine rings is 1. The molecular formula is C16H20N2O3. The lowest BCUT2D eigenvalue weighted by Gasteiger charge is -2.36. The normalized spacial score (nSPS) is 18.0. The topological polar surface area (TPSA) is 49.9 Å². The number of Topliss-reactive ketones (excluding diaryl/α,β-unsaturated/α-hetero) is 1. The Kier molecular flexibility index (Phi) is 3.82. The molecule has 1 amide bonds. The maximum atomic E-state index is 11.7. The van der Waals surface area contributed by atoms with Crippen LogP contribution in [-0.2, 0) is 16.0 Å². The first-order chi connectivity index (χ1) is 10.1. The molecule has 1 saturated heterocycles. The van der Waals surface area contributed by atoms with Crippen molar-refractivity contribution in [2.45, 2.75) is 19.8 Å². The molecule has 0 atom stereocenters. The average Bonchev–Trinajstić information content (AvgIpc) is 2.54. The molecule has 1 aromatic rings. The Morgan fingerprint density at radius 3 is 2.62 bits per heavy atom. The molecule has 2 heterocycles. The summed E-state index contributed by atoms with van der Waals surface area (Å²) in [6.45, 7) is 4.87. The van der Waals surface area contributed by atoms with Crippen molar-refractivity contribution < 1.29 is 14.3 Å². The van der Waals surface area contributed by atoms with Crippen molar-refractivity contribution in [3.05, 3.63) is 23.8 Å². The van der Waals surface area contributed by atoms with E-state index in [1.807, 2.05) is 6.07 Å². The third-order valence-electron chi connectivity index (χ3n) is 4.13. The Balaban J connectivity index is 1.67. The second kappa shape index (κ2) is 5.76. The van der Waals surface area contributed by atoms with Crippen molar-refractivity contribution >= 4 is 17.4 Å². The summed E-state index contributed by atoms with van der Waals surface area (Å²) in [6, 6.07) is 6.31. The van der Waals surface area contributed by atoms with Gasteiger partial charge in [-0.25, -0.2) is 0 Å². The Labute approximate surface area is 124 Å². The molecule has 112 valence electrons. The zero-order valence-electron chi connectivity index (χ0n) is 12.3. The van der Waals surface area contributed by atoms with Gasteiger partial charge in [0, 0.05) is 38.8 Å². The van der Waals surface area contributed by atoms with Crippen molar-refractivity contribution in [2.24, 2.45) is 0 Å². The number of hydrogen-bond acceptors (Lipinski definition) is 4. The lowest BCUT2D eigenvalue weighted by Crippen LogP contribution is -2.50. The molecule has 2 aliphatic rings. The van der Waals surface area contributed by atoms with Gasteiger partial charge in [0.05, 0.1) is 6.61 Å². The highest BCUT2D eigenvalue weighted by molar-refractivity contribution is 6.35. The van der Waals surface area contributed by atoms with Crippen LogP contribution in [0, 0.1) is 0 Å². The van der Waals surface area contributed by atoms with Crippen molar-refractivity contribution in [3.8, 4) is 5.75 Å². The van der Waals surface area contributed by atoms with E-state index in [1.54, 1.807) is 4.90 Å². The molecular weight excluding hydrogens is 268 g/mol. The summed E-state index contributed by atoms with van der Waals surface area (Å²) >= 11 is 0. The van der Waals surface area contributed by atoms with E-state index in [9.17, 15) is 9.59 Å². The van der Waals surface area contributed by atoms with Gasteiger partial charge in [-0.15, -0.1) is 0 Å². The van der Waals surface area contributed by atoms with E-state index in [0.29, 0.717) is 13.1 Å². The number of nitrogens with zero attached hydrogens (tertiary/aromatic N) is 2. The maximum Gasteiger partial charge on any atom is 0.289 e. The van der Waals surface area contributed by atoms with Crippen LogP contribution in [-0.4, -0.2) is 49.4 Å². The second-order valence-corrected chi connectivity index (χ2v) is 5.58. The minimum Gasteiger partial charge on any atom is -0.493 e. The van der Waals surface area contributed by atoms with Gasteiger partial charge in [-0.3, -0.25) is 9.59 Å². The second-order valence-electron chi connectivity index (χ2n) is 5.58. The average molecular weight is 288 g/mol. The summed E-state index contributed by atoms with van der Waals surface area (Å²) in [4.78, 5) is 26.7. The summed E-state index contributed by atoms with van der Waals surface area (Å²) in [5.74, 6) is 0.248. The Hall–Kier alpha value is -2.04. The number of carbonyl (C=O) groups excluding carboxylic acids is 2. The first-order valence-corrected chi connectivity index (χ1v) is 7.45. The van der Waals surface area contributed by atoms with Crippen LogP contribution in [0.25, 0.3) is 0 Å². The summed E-state index contributed by atoms with van der Waals surface area (Å²) < 4.78 is 5.63. The van der Waals surface area contributed by atoms with Gasteiger partial charge in [0.1, 0.15) is 5.75 Å². The minimum atomic E-state index is -0.380.